The van der Waals surface area contributed by atoms with E-state index >= 15 is 0 Å². The van der Waals surface area contributed by atoms with Crippen molar-refractivity contribution in [3.05, 3.63) is 59.7 Å². The Balaban J connectivity index is 1.89. The van der Waals surface area contributed by atoms with Gasteiger partial charge in [-0.3, -0.25) is 4.79 Å². The molecule has 0 aromatic heterocycles. The van der Waals surface area contributed by atoms with Crippen molar-refractivity contribution in [1.82, 2.24) is 5.32 Å². The molecule has 0 aliphatic carbocycles. The van der Waals surface area contributed by atoms with Gasteiger partial charge in [-0.25, -0.2) is 0 Å². The van der Waals surface area contributed by atoms with Crippen LogP contribution in [0.3, 0.4) is 0 Å². The van der Waals surface area contributed by atoms with Crippen LogP contribution in [-0.4, -0.2) is 17.8 Å². The van der Waals surface area contributed by atoms with Gasteiger partial charge in [-0.1, -0.05) is 30.3 Å². The summed E-state index contributed by atoms with van der Waals surface area (Å²) in [6.07, 6.45) is 2.73. The van der Waals surface area contributed by atoms with Crippen molar-refractivity contribution >= 4 is 17.7 Å². The summed E-state index contributed by atoms with van der Waals surface area (Å²) in [4.78, 5) is 13.7. The Morgan fingerprint density at radius 1 is 1.17 bits per heavy atom. The summed E-state index contributed by atoms with van der Waals surface area (Å²) in [6.45, 7) is 4.11. The highest BCUT2D eigenvalue weighted by Gasteiger charge is 2.34. The number of hydrogen-bond acceptors (Lipinski definition) is 3. The second-order valence-electron chi connectivity index (χ2n) is 6.33. The summed E-state index contributed by atoms with van der Waals surface area (Å²) in [7, 11) is 0. The predicted octanol–water partition coefficient (Wildman–Crippen LogP) is 4.44. The van der Waals surface area contributed by atoms with Crippen molar-refractivity contribution in [1.29, 1.82) is 0 Å². The average Bonchev–Trinajstić information content (AvgIpc) is 2.53. The monoisotopic (exact) mass is 327 g/mol. The van der Waals surface area contributed by atoms with Crippen LogP contribution in [0.15, 0.2) is 53.4 Å². The summed E-state index contributed by atoms with van der Waals surface area (Å²) in [5.41, 5.74) is 1.47. The number of carbonyl (C=O) groups excluding carboxylic acids is 1. The van der Waals surface area contributed by atoms with E-state index < -0.39 is 0 Å². The van der Waals surface area contributed by atoms with Gasteiger partial charge in [-0.05, 0) is 38.3 Å². The first-order valence-corrected chi connectivity index (χ1v) is 8.94. The fraction of sp³-hybridized carbons (Fsp3) is 0.316. The molecule has 0 fully saturated rings. The maximum atomic E-state index is 12.7. The number of ether oxygens (including phenoxy) is 1. The number of amides is 1. The zero-order valence-corrected chi connectivity index (χ0v) is 14.4. The number of fused-ring (bicyclic) bond motifs is 1. The molecule has 1 atom stereocenters. The van der Waals surface area contributed by atoms with Crippen LogP contribution in [0, 0.1) is 0 Å². The highest BCUT2D eigenvalue weighted by Crippen LogP contribution is 2.39. The molecule has 2 aromatic rings. The number of thioether (sulfide) groups is 1. The van der Waals surface area contributed by atoms with Crippen molar-refractivity contribution in [2.24, 2.45) is 0 Å². The first-order chi connectivity index (χ1) is 11.0. The average molecular weight is 327 g/mol. The fourth-order valence-corrected chi connectivity index (χ4v) is 3.59. The van der Waals surface area contributed by atoms with E-state index in [0.29, 0.717) is 0 Å². The second kappa shape index (κ2) is 6.28. The standard InChI is InChI=1S/C19H21NO2S/c1-19(2)12-15(13-8-4-6-10-16(13)22-19)20-18(21)14-9-5-7-11-17(14)23-3/h4-11,15H,12H2,1-3H3,(H,20,21)/t15-/m0/s1. The molecule has 3 rings (SSSR count). The van der Waals surface area contributed by atoms with E-state index in [2.05, 4.69) is 19.2 Å². The molecule has 0 saturated heterocycles. The van der Waals surface area contributed by atoms with Gasteiger partial charge < -0.3 is 10.1 Å². The van der Waals surface area contributed by atoms with Gasteiger partial charge in [0.05, 0.1) is 11.6 Å². The summed E-state index contributed by atoms with van der Waals surface area (Å²) in [5, 5.41) is 3.19. The number of hydrogen-bond donors (Lipinski definition) is 1. The molecule has 0 spiro atoms. The molecule has 1 heterocycles. The fourth-order valence-electron chi connectivity index (χ4n) is 3.00. The normalized spacial score (nSPS) is 18.7. The second-order valence-corrected chi connectivity index (χ2v) is 7.18. The number of carbonyl (C=O) groups is 1. The van der Waals surface area contributed by atoms with Gasteiger partial charge in [0.1, 0.15) is 11.4 Å². The third-order valence-electron chi connectivity index (χ3n) is 4.03. The van der Waals surface area contributed by atoms with E-state index in [1.807, 2.05) is 54.8 Å². The van der Waals surface area contributed by atoms with Crippen molar-refractivity contribution in [2.75, 3.05) is 6.26 Å². The van der Waals surface area contributed by atoms with Crippen molar-refractivity contribution < 1.29 is 9.53 Å². The van der Waals surface area contributed by atoms with Crippen molar-refractivity contribution in [2.45, 2.75) is 36.8 Å². The van der Waals surface area contributed by atoms with E-state index in [9.17, 15) is 4.79 Å². The zero-order chi connectivity index (χ0) is 16.4. The van der Waals surface area contributed by atoms with Crippen molar-refractivity contribution in [3.63, 3.8) is 0 Å². The Hall–Kier alpha value is -1.94. The van der Waals surface area contributed by atoms with Crippen LogP contribution in [-0.2, 0) is 0 Å². The number of para-hydroxylation sites is 1. The maximum absolute atomic E-state index is 12.7. The molecule has 4 heteroatoms. The molecule has 0 unspecified atom stereocenters. The van der Waals surface area contributed by atoms with Gasteiger partial charge in [-0.2, -0.15) is 0 Å². The minimum atomic E-state index is -0.300. The molecule has 1 amide bonds. The molecule has 0 radical (unpaired) electrons. The molecular formula is C19H21NO2S. The van der Waals surface area contributed by atoms with E-state index in [4.69, 9.17) is 4.74 Å². The molecule has 0 saturated carbocycles. The van der Waals surface area contributed by atoms with Gasteiger partial charge in [0.15, 0.2) is 0 Å². The van der Waals surface area contributed by atoms with Crippen LogP contribution in [0.5, 0.6) is 5.75 Å². The molecular weight excluding hydrogens is 306 g/mol. The van der Waals surface area contributed by atoms with Crippen LogP contribution in [0.1, 0.15) is 42.2 Å². The Kier molecular flexibility index (Phi) is 4.35. The van der Waals surface area contributed by atoms with E-state index in [1.165, 1.54) is 0 Å². The summed E-state index contributed by atoms with van der Waals surface area (Å²) in [6, 6.07) is 15.6. The molecule has 23 heavy (non-hydrogen) atoms. The van der Waals surface area contributed by atoms with E-state index in [1.54, 1.807) is 11.8 Å². The minimum Gasteiger partial charge on any atom is -0.487 e. The lowest BCUT2D eigenvalue weighted by Crippen LogP contribution is -2.41. The Bertz CT molecular complexity index is 727. The van der Waals surface area contributed by atoms with Gasteiger partial charge in [0, 0.05) is 16.9 Å². The van der Waals surface area contributed by atoms with Gasteiger partial charge >= 0.3 is 0 Å². The molecule has 1 aliphatic rings. The Morgan fingerprint density at radius 3 is 2.65 bits per heavy atom. The van der Waals surface area contributed by atoms with Crippen LogP contribution in [0.25, 0.3) is 0 Å². The van der Waals surface area contributed by atoms with Crippen LogP contribution < -0.4 is 10.1 Å². The number of rotatable bonds is 3. The largest absolute Gasteiger partial charge is 0.487 e. The van der Waals surface area contributed by atoms with Gasteiger partial charge in [0.2, 0.25) is 0 Å². The predicted molar refractivity (Wildman–Crippen MR) is 94.2 cm³/mol. The summed E-state index contributed by atoms with van der Waals surface area (Å²) in [5.74, 6) is 0.819. The maximum Gasteiger partial charge on any atom is 0.252 e. The smallest absolute Gasteiger partial charge is 0.252 e. The van der Waals surface area contributed by atoms with Crippen LogP contribution in [0.4, 0.5) is 0 Å². The van der Waals surface area contributed by atoms with Crippen LogP contribution in [0.2, 0.25) is 0 Å². The first kappa shape index (κ1) is 15.9. The van der Waals surface area contributed by atoms with Gasteiger partial charge in [0.25, 0.3) is 5.91 Å². The SMILES string of the molecule is CSc1ccccc1C(=O)N[C@H]1CC(C)(C)Oc2ccccc21. The Labute approximate surface area is 141 Å². The summed E-state index contributed by atoms with van der Waals surface area (Å²) < 4.78 is 6.03. The zero-order valence-electron chi connectivity index (χ0n) is 13.6. The molecule has 1 aliphatic heterocycles. The first-order valence-electron chi connectivity index (χ1n) is 7.72. The molecule has 2 aromatic carbocycles. The minimum absolute atomic E-state index is 0.0348. The van der Waals surface area contributed by atoms with Gasteiger partial charge in [-0.15, -0.1) is 11.8 Å². The molecule has 120 valence electrons. The number of nitrogens with one attached hydrogen (secondary N) is 1. The lowest BCUT2D eigenvalue weighted by atomic mass is 9.89. The highest BCUT2D eigenvalue weighted by atomic mass is 32.2. The lowest BCUT2D eigenvalue weighted by Gasteiger charge is -2.37. The van der Waals surface area contributed by atoms with E-state index in [0.717, 1.165) is 28.2 Å². The summed E-state index contributed by atoms with van der Waals surface area (Å²) >= 11 is 1.59. The van der Waals surface area contributed by atoms with Crippen LogP contribution >= 0.6 is 11.8 Å². The topological polar surface area (TPSA) is 38.3 Å². The quantitative estimate of drug-likeness (QED) is 0.847. The molecule has 0 bridgehead atoms. The lowest BCUT2D eigenvalue weighted by molar-refractivity contribution is 0.0619. The Morgan fingerprint density at radius 2 is 1.87 bits per heavy atom. The van der Waals surface area contributed by atoms with E-state index in [-0.39, 0.29) is 17.6 Å². The molecule has 1 N–H and O–H groups in total. The van der Waals surface area contributed by atoms with Crippen molar-refractivity contribution in [3.8, 4) is 5.75 Å². The third kappa shape index (κ3) is 3.37. The number of benzene rings is 2. The third-order valence-corrected chi connectivity index (χ3v) is 4.83. The molecule has 3 nitrogen and oxygen atoms in total. The highest BCUT2D eigenvalue weighted by molar-refractivity contribution is 7.98.